The van der Waals surface area contributed by atoms with Gasteiger partial charge in [-0.3, -0.25) is 4.98 Å². The van der Waals surface area contributed by atoms with Gasteiger partial charge in [-0.05, 0) is 42.8 Å². The highest BCUT2D eigenvalue weighted by Gasteiger charge is 2.41. The molecule has 1 saturated carbocycles. The summed E-state index contributed by atoms with van der Waals surface area (Å²) in [5.41, 5.74) is 1.51. The first-order valence-corrected chi connectivity index (χ1v) is 5.27. The Labute approximate surface area is 88.6 Å². The summed E-state index contributed by atoms with van der Waals surface area (Å²) in [6.07, 6.45) is 3.65. The molecule has 2 heteroatoms. The third-order valence-corrected chi connectivity index (χ3v) is 3.12. The Bertz CT molecular complexity index is 529. The molecule has 0 aliphatic heterocycles. The Morgan fingerprint density at radius 1 is 1.20 bits per heavy atom. The lowest BCUT2D eigenvalue weighted by Gasteiger charge is -2.09. The van der Waals surface area contributed by atoms with Crippen molar-refractivity contribution in [3.05, 3.63) is 41.7 Å². The number of hydrogen-bond donors (Lipinski definition) is 1. The Kier molecular flexibility index (Phi) is 1.65. The molecule has 15 heavy (non-hydrogen) atoms. The minimum Gasteiger partial charge on any atom is -0.385 e. The number of aromatic nitrogens is 1. The first kappa shape index (κ1) is 8.86. The molecule has 0 spiro atoms. The summed E-state index contributed by atoms with van der Waals surface area (Å²) in [6.45, 7) is 1.99. The van der Waals surface area contributed by atoms with Crippen molar-refractivity contribution in [1.29, 1.82) is 0 Å². The predicted octanol–water partition coefficient (Wildman–Crippen LogP) is 2.52. The van der Waals surface area contributed by atoms with Crippen LogP contribution in [0.1, 0.15) is 24.1 Å². The number of aliphatic hydroxyl groups is 1. The molecule has 1 aromatic carbocycles. The van der Waals surface area contributed by atoms with Crippen molar-refractivity contribution in [2.24, 2.45) is 0 Å². The van der Waals surface area contributed by atoms with Crippen molar-refractivity contribution in [2.45, 2.75) is 25.4 Å². The number of benzene rings is 1. The molecule has 76 valence electrons. The zero-order chi connectivity index (χ0) is 10.5. The van der Waals surface area contributed by atoms with Gasteiger partial charge in [0.2, 0.25) is 0 Å². The lowest BCUT2D eigenvalue weighted by molar-refractivity contribution is 0.151. The van der Waals surface area contributed by atoms with Gasteiger partial charge in [-0.1, -0.05) is 12.1 Å². The van der Waals surface area contributed by atoms with Crippen molar-refractivity contribution >= 4 is 10.8 Å². The van der Waals surface area contributed by atoms with E-state index in [1.54, 1.807) is 0 Å². The number of fused-ring (bicyclic) bond motifs is 1. The van der Waals surface area contributed by atoms with Crippen LogP contribution in [0.3, 0.4) is 0 Å². The molecule has 1 N–H and O–H groups in total. The highest BCUT2D eigenvalue weighted by Crippen LogP contribution is 2.45. The second-order valence-electron chi connectivity index (χ2n) is 4.42. The minimum atomic E-state index is -0.543. The number of rotatable bonds is 1. The Morgan fingerprint density at radius 2 is 2.00 bits per heavy atom. The van der Waals surface area contributed by atoms with E-state index in [4.69, 9.17) is 0 Å². The SMILES string of the molecule is Cc1cc2ccc(C3(O)CC3)cc2cn1. The van der Waals surface area contributed by atoms with Crippen LogP contribution in [0.2, 0.25) is 0 Å². The van der Waals surface area contributed by atoms with E-state index in [1.165, 1.54) is 5.39 Å². The lowest BCUT2D eigenvalue weighted by atomic mass is 10.0. The first-order chi connectivity index (χ1) is 7.17. The fourth-order valence-corrected chi connectivity index (χ4v) is 1.95. The van der Waals surface area contributed by atoms with Gasteiger partial charge in [-0.15, -0.1) is 0 Å². The van der Waals surface area contributed by atoms with Crippen LogP contribution >= 0.6 is 0 Å². The highest BCUT2D eigenvalue weighted by atomic mass is 16.3. The average Bonchev–Trinajstić information content (AvgIpc) is 2.97. The molecule has 1 fully saturated rings. The van der Waals surface area contributed by atoms with Crippen LogP contribution in [0, 0.1) is 6.92 Å². The molecule has 0 saturated heterocycles. The van der Waals surface area contributed by atoms with Crippen LogP contribution in [-0.4, -0.2) is 10.1 Å². The molecule has 1 aromatic heterocycles. The van der Waals surface area contributed by atoms with Crippen LogP contribution in [0.5, 0.6) is 0 Å². The van der Waals surface area contributed by atoms with Crippen molar-refractivity contribution in [3.8, 4) is 0 Å². The molecule has 0 atom stereocenters. The topological polar surface area (TPSA) is 33.1 Å². The zero-order valence-corrected chi connectivity index (χ0v) is 8.70. The largest absolute Gasteiger partial charge is 0.385 e. The third-order valence-electron chi connectivity index (χ3n) is 3.12. The van der Waals surface area contributed by atoms with Crippen LogP contribution in [0.15, 0.2) is 30.5 Å². The van der Waals surface area contributed by atoms with E-state index in [9.17, 15) is 5.11 Å². The van der Waals surface area contributed by atoms with Gasteiger partial charge in [0.15, 0.2) is 0 Å². The van der Waals surface area contributed by atoms with E-state index < -0.39 is 5.60 Å². The van der Waals surface area contributed by atoms with Gasteiger partial charge in [0.05, 0.1) is 5.60 Å². The fraction of sp³-hybridized carbons (Fsp3) is 0.308. The Morgan fingerprint density at radius 3 is 2.73 bits per heavy atom. The van der Waals surface area contributed by atoms with Crippen LogP contribution in [-0.2, 0) is 5.60 Å². The van der Waals surface area contributed by atoms with Gasteiger partial charge in [-0.2, -0.15) is 0 Å². The second kappa shape index (κ2) is 2.80. The van der Waals surface area contributed by atoms with Crippen LogP contribution in [0.4, 0.5) is 0 Å². The maximum atomic E-state index is 9.99. The standard InChI is InChI=1S/C13H13NO/c1-9-6-10-2-3-12(13(15)4-5-13)7-11(10)8-14-9/h2-3,6-8,15H,4-5H2,1H3. The summed E-state index contributed by atoms with van der Waals surface area (Å²) in [5.74, 6) is 0. The molecular formula is C13H13NO. The molecule has 1 heterocycles. The molecule has 3 rings (SSSR count). The zero-order valence-electron chi connectivity index (χ0n) is 8.70. The van der Waals surface area contributed by atoms with E-state index in [0.29, 0.717) is 0 Å². The lowest BCUT2D eigenvalue weighted by Crippen LogP contribution is -2.03. The predicted molar refractivity (Wildman–Crippen MR) is 59.6 cm³/mol. The molecular weight excluding hydrogens is 186 g/mol. The number of nitrogens with zero attached hydrogens (tertiary/aromatic N) is 1. The van der Waals surface area contributed by atoms with Gasteiger partial charge in [0.1, 0.15) is 0 Å². The highest BCUT2D eigenvalue weighted by molar-refractivity contribution is 5.82. The van der Waals surface area contributed by atoms with Gasteiger partial charge in [0, 0.05) is 17.3 Å². The smallest absolute Gasteiger partial charge is 0.0899 e. The fourth-order valence-electron chi connectivity index (χ4n) is 1.95. The summed E-state index contributed by atoms with van der Waals surface area (Å²) in [5, 5.41) is 12.3. The molecule has 2 aromatic rings. The average molecular weight is 199 g/mol. The van der Waals surface area contributed by atoms with Gasteiger partial charge in [-0.25, -0.2) is 0 Å². The first-order valence-electron chi connectivity index (χ1n) is 5.27. The third kappa shape index (κ3) is 1.41. The van der Waals surface area contributed by atoms with Crippen molar-refractivity contribution in [3.63, 3.8) is 0 Å². The van der Waals surface area contributed by atoms with Crippen molar-refractivity contribution in [1.82, 2.24) is 4.98 Å². The Balaban J connectivity index is 2.18. The Hall–Kier alpha value is -1.41. The van der Waals surface area contributed by atoms with E-state index in [1.807, 2.05) is 19.2 Å². The molecule has 1 aliphatic rings. The van der Waals surface area contributed by atoms with E-state index in [2.05, 4.69) is 23.2 Å². The normalized spacial score (nSPS) is 18.0. The van der Waals surface area contributed by atoms with E-state index in [-0.39, 0.29) is 0 Å². The quantitative estimate of drug-likeness (QED) is 0.765. The van der Waals surface area contributed by atoms with Gasteiger partial charge < -0.3 is 5.11 Å². The molecule has 1 aliphatic carbocycles. The number of hydrogen-bond acceptors (Lipinski definition) is 2. The number of pyridine rings is 1. The number of aryl methyl sites for hydroxylation is 1. The van der Waals surface area contributed by atoms with Crippen molar-refractivity contribution < 1.29 is 5.11 Å². The summed E-state index contributed by atoms with van der Waals surface area (Å²) >= 11 is 0. The molecule has 0 radical (unpaired) electrons. The maximum Gasteiger partial charge on any atom is 0.0899 e. The van der Waals surface area contributed by atoms with E-state index in [0.717, 1.165) is 29.5 Å². The molecule has 0 unspecified atom stereocenters. The van der Waals surface area contributed by atoms with Crippen LogP contribution < -0.4 is 0 Å². The maximum absolute atomic E-state index is 9.99. The van der Waals surface area contributed by atoms with Crippen LogP contribution in [0.25, 0.3) is 10.8 Å². The van der Waals surface area contributed by atoms with Crippen molar-refractivity contribution in [2.75, 3.05) is 0 Å². The summed E-state index contributed by atoms with van der Waals surface area (Å²) < 4.78 is 0. The summed E-state index contributed by atoms with van der Waals surface area (Å²) in [4.78, 5) is 4.27. The summed E-state index contributed by atoms with van der Waals surface area (Å²) in [7, 11) is 0. The second-order valence-corrected chi connectivity index (χ2v) is 4.42. The summed E-state index contributed by atoms with van der Waals surface area (Å²) in [6, 6.07) is 8.20. The molecule has 0 bridgehead atoms. The van der Waals surface area contributed by atoms with E-state index >= 15 is 0 Å². The van der Waals surface area contributed by atoms with Gasteiger partial charge in [0.25, 0.3) is 0 Å². The monoisotopic (exact) mass is 199 g/mol. The van der Waals surface area contributed by atoms with Gasteiger partial charge >= 0.3 is 0 Å². The molecule has 2 nitrogen and oxygen atoms in total. The minimum absolute atomic E-state index is 0.543. The molecule has 0 amide bonds.